The second-order valence-electron chi connectivity index (χ2n) is 3.98. The van der Waals surface area contributed by atoms with Gasteiger partial charge in [-0.2, -0.15) is 4.98 Å². The average Bonchev–Trinajstić information content (AvgIpc) is 2.80. The van der Waals surface area contributed by atoms with E-state index in [1.807, 2.05) is 0 Å². The van der Waals surface area contributed by atoms with Gasteiger partial charge in [0.25, 0.3) is 0 Å². The van der Waals surface area contributed by atoms with E-state index in [-0.39, 0.29) is 6.10 Å². The maximum Gasteiger partial charge on any atom is 0.213 e. The van der Waals surface area contributed by atoms with Crippen molar-refractivity contribution in [1.82, 2.24) is 10.1 Å². The number of aromatic nitrogens is 2. The highest BCUT2D eigenvalue weighted by Gasteiger charge is 2.21. The van der Waals surface area contributed by atoms with E-state index in [2.05, 4.69) is 14.7 Å². The lowest BCUT2D eigenvalue weighted by Gasteiger charge is -2.26. The van der Waals surface area contributed by atoms with E-state index in [9.17, 15) is 0 Å². The first-order chi connectivity index (χ1) is 7.38. The molecule has 1 fully saturated rings. The van der Waals surface area contributed by atoms with Crippen LogP contribution in [0.5, 0.6) is 0 Å². The van der Waals surface area contributed by atoms with Gasteiger partial charge in [-0.25, -0.2) is 0 Å². The Labute approximate surface area is 88.4 Å². The predicted octanol–water partition coefficient (Wildman–Crippen LogP) is 1.14. The van der Waals surface area contributed by atoms with Crippen molar-refractivity contribution in [2.45, 2.75) is 38.4 Å². The normalized spacial score (nSPS) is 26.7. The molecule has 1 aromatic rings. The zero-order valence-corrected chi connectivity index (χ0v) is 8.63. The van der Waals surface area contributed by atoms with E-state index < -0.39 is 0 Å². The minimum Gasteiger partial charge on any atom is -0.396 e. The lowest BCUT2D eigenvalue weighted by atomic mass is 9.88. The molecule has 0 radical (unpaired) electrons. The van der Waals surface area contributed by atoms with Crippen molar-refractivity contribution in [2.75, 3.05) is 6.61 Å². The van der Waals surface area contributed by atoms with Crippen molar-refractivity contribution < 1.29 is 14.4 Å². The Hall–Kier alpha value is -0.940. The third-order valence-corrected chi connectivity index (χ3v) is 2.91. The molecular weight excluding hydrogens is 196 g/mol. The van der Waals surface area contributed by atoms with Gasteiger partial charge in [-0.15, -0.1) is 0 Å². The molecule has 1 N–H and O–H groups in total. The van der Waals surface area contributed by atoms with Crippen molar-refractivity contribution in [3.63, 3.8) is 0 Å². The molecule has 1 aromatic heterocycles. The predicted molar refractivity (Wildman–Crippen MR) is 51.9 cm³/mol. The standard InChI is InChI=1S/C10H16N2O3/c13-5-8-1-3-9(4-2-8)14-6-10-11-7-15-12-10/h7-9,13H,1-6H2. The van der Waals surface area contributed by atoms with E-state index in [0.717, 1.165) is 25.7 Å². The summed E-state index contributed by atoms with van der Waals surface area (Å²) < 4.78 is 10.3. The van der Waals surface area contributed by atoms with Crippen LogP contribution in [0.2, 0.25) is 0 Å². The van der Waals surface area contributed by atoms with Gasteiger partial charge >= 0.3 is 0 Å². The zero-order valence-electron chi connectivity index (χ0n) is 8.63. The summed E-state index contributed by atoms with van der Waals surface area (Å²) in [6, 6.07) is 0. The van der Waals surface area contributed by atoms with E-state index in [1.165, 1.54) is 6.39 Å². The van der Waals surface area contributed by atoms with Crippen molar-refractivity contribution in [1.29, 1.82) is 0 Å². The average molecular weight is 212 g/mol. The minimum absolute atomic E-state index is 0.284. The van der Waals surface area contributed by atoms with Gasteiger partial charge in [0, 0.05) is 6.61 Å². The van der Waals surface area contributed by atoms with E-state index >= 15 is 0 Å². The molecule has 1 aliphatic rings. The van der Waals surface area contributed by atoms with Crippen molar-refractivity contribution >= 4 is 0 Å². The summed E-state index contributed by atoms with van der Waals surface area (Å²) in [7, 11) is 0. The fraction of sp³-hybridized carbons (Fsp3) is 0.800. The first kappa shape index (κ1) is 10.6. The zero-order chi connectivity index (χ0) is 10.5. The van der Waals surface area contributed by atoms with Crippen LogP contribution in [0, 0.1) is 5.92 Å². The number of rotatable bonds is 4. The highest BCUT2D eigenvalue weighted by atomic mass is 16.5. The number of hydrogen-bond donors (Lipinski definition) is 1. The number of hydrogen-bond acceptors (Lipinski definition) is 5. The largest absolute Gasteiger partial charge is 0.396 e. The fourth-order valence-corrected chi connectivity index (χ4v) is 1.93. The molecule has 15 heavy (non-hydrogen) atoms. The quantitative estimate of drug-likeness (QED) is 0.810. The fourth-order valence-electron chi connectivity index (χ4n) is 1.93. The van der Waals surface area contributed by atoms with E-state index in [0.29, 0.717) is 25.0 Å². The summed E-state index contributed by atoms with van der Waals surface area (Å²) in [5, 5.41) is 12.7. The van der Waals surface area contributed by atoms with Crippen LogP contribution in [-0.2, 0) is 11.3 Å². The Morgan fingerprint density at radius 1 is 1.40 bits per heavy atom. The summed E-state index contributed by atoms with van der Waals surface area (Å²) in [6.07, 6.45) is 5.72. The molecule has 0 spiro atoms. The van der Waals surface area contributed by atoms with Crippen LogP contribution in [-0.4, -0.2) is 28.0 Å². The second kappa shape index (κ2) is 5.23. The maximum atomic E-state index is 8.98. The Morgan fingerprint density at radius 3 is 2.80 bits per heavy atom. The molecule has 0 saturated heterocycles. The van der Waals surface area contributed by atoms with Crippen molar-refractivity contribution in [3.05, 3.63) is 12.2 Å². The van der Waals surface area contributed by atoms with Crippen molar-refractivity contribution in [3.8, 4) is 0 Å². The monoisotopic (exact) mass is 212 g/mol. The van der Waals surface area contributed by atoms with E-state index in [1.54, 1.807) is 0 Å². The molecule has 84 valence electrons. The first-order valence-electron chi connectivity index (χ1n) is 5.36. The SMILES string of the molecule is OCC1CCC(OCc2ncon2)CC1. The lowest BCUT2D eigenvalue weighted by molar-refractivity contribution is -0.00224. The van der Waals surface area contributed by atoms with Crippen LogP contribution < -0.4 is 0 Å². The van der Waals surface area contributed by atoms with Crippen LogP contribution in [0.3, 0.4) is 0 Å². The van der Waals surface area contributed by atoms with Gasteiger partial charge in [0.1, 0.15) is 6.61 Å². The molecule has 5 nitrogen and oxygen atoms in total. The number of nitrogens with zero attached hydrogens (tertiary/aromatic N) is 2. The number of ether oxygens (including phenoxy) is 1. The Kier molecular flexibility index (Phi) is 3.69. The summed E-state index contributed by atoms with van der Waals surface area (Å²) in [5.74, 6) is 1.06. The molecule has 0 aromatic carbocycles. The molecule has 5 heteroatoms. The molecule has 0 amide bonds. The van der Waals surface area contributed by atoms with Gasteiger partial charge in [0.15, 0.2) is 5.82 Å². The summed E-state index contributed by atoms with van der Waals surface area (Å²) in [5.41, 5.74) is 0. The first-order valence-corrected chi connectivity index (χ1v) is 5.36. The smallest absolute Gasteiger partial charge is 0.213 e. The van der Waals surface area contributed by atoms with Crippen LogP contribution in [0.15, 0.2) is 10.9 Å². The van der Waals surface area contributed by atoms with Crippen LogP contribution in [0.4, 0.5) is 0 Å². The molecule has 2 rings (SSSR count). The lowest BCUT2D eigenvalue weighted by Crippen LogP contribution is -2.23. The molecular formula is C10H16N2O3. The van der Waals surface area contributed by atoms with Crippen molar-refractivity contribution in [2.24, 2.45) is 5.92 Å². The number of aliphatic hydroxyl groups is 1. The van der Waals surface area contributed by atoms with Gasteiger partial charge in [0.05, 0.1) is 6.10 Å². The Balaban J connectivity index is 1.69. The minimum atomic E-state index is 0.284. The van der Waals surface area contributed by atoms with Gasteiger partial charge in [-0.1, -0.05) is 5.16 Å². The summed E-state index contributed by atoms with van der Waals surface area (Å²) in [6.45, 7) is 0.725. The molecule has 1 heterocycles. The molecule has 0 unspecified atom stereocenters. The Morgan fingerprint density at radius 2 is 2.20 bits per heavy atom. The highest BCUT2D eigenvalue weighted by Crippen LogP contribution is 2.26. The van der Waals surface area contributed by atoms with Crippen LogP contribution >= 0.6 is 0 Å². The third kappa shape index (κ3) is 3.00. The molecule has 0 bridgehead atoms. The second-order valence-corrected chi connectivity index (χ2v) is 3.98. The summed E-state index contributed by atoms with van der Waals surface area (Å²) >= 11 is 0. The van der Waals surface area contributed by atoms with Crippen LogP contribution in [0.25, 0.3) is 0 Å². The highest BCUT2D eigenvalue weighted by molar-refractivity contribution is 4.76. The molecule has 1 aliphatic carbocycles. The third-order valence-electron chi connectivity index (χ3n) is 2.91. The van der Waals surface area contributed by atoms with Gasteiger partial charge in [-0.3, -0.25) is 0 Å². The van der Waals surface area contributed by atoms with E-state index in [4.69, 9.17) is 9.84 Å². The topological polar surface area (TPSA) is 68.4 Å². The number of aliphatic hydroxyl groups excluding tert-OH is 1. The van der Waals surface area contributed by atoms with Gasteiger partial charge in [-0.05, 0) is 31.6 Å². The molecule has 0 aliphatic heterocycles. The molecule has 0 atom stereocenters. The molecule has 1 saturated carbocycles. The van der Waals surface area contributed by atoms with Crippen LogP contribution in [0.1, 0.15) is 31.5 Å². The maximum absolute atomic E-state index is 8.98. The van der Waals surface area contributed by atoms with Gasteiger partial charge in [0.2, 0.25) is 6.39 Å². The summed E-state index contributed by atoms with van der Waals surface area (Å²) in [4.78, 5) is 3.89. The van der Waals surface area contributed by atoms with Gasteiger partial charge < -0.3 is 14.4 Å². The Bertz CT molecular complexity index is 268.